The maximum atomic E-state index is 0. The zero-order chi connectivity index (χ0) is 0. The van der Waals surface area contributed by atoms with Crippen molar-refractivity contribution in [3.63, 3.8) is 0 Å². The maximum absolute atomic E-state index is 0. The molecule has 0 radical (unpaired) electrons. The molecule has 0 saturated heterocycles. The molecule has 4 heteroatoms. The van der Waals surface area contributed by atoms with Gasteiger partial charge < -0.3 is 17.8 Å². The van der Waals surface area contributed by atoms with Crippen molar-refractivity contribution in [2.24, 2.45) is 0 Å². The van der Waals surface area contributed by atoms with E-state index in [0.717, 1.165) is 0 Å². The Kier molecular flexibility index (Phi) is 3280. The van der Waals surface area contributed by atoms with Gasteiger partial charge in [-0.2, -0.15) is 0 Å². The predicted octanol–water partition coefficient (Wildman–Crippen LogP) is 1.25. The molecule has 0 aliphatic heterocycles. The van der Waals surface area contributed by atoms with Gasteiger partial charge in [-0.05, 0) is 0 Å². The summed E-state index contributed by atoms with van der Waals surface area (Å²) in [7, 11) is 0. The summed E-state index contributed by atoms with van der Waals surface area (Å²) in [4.78, 5) is 0. The summed E-state index contributed by atoms with van der Waals surface area (Å²) in [5.74, 6) is 0. The van der Waals surface area contributed by atoms with Gasteiger partial charge in [-0.25, -0.2) is 0 Å². The molecule has 4 heavy (non-hydrogen) atoms. The van der Waals surface area contributed by atoms with E-state index in [1.165, 1.54) is 0 Å². The van der Waals surface area contributed by atoms with Crippen LogP contribution in [0.2, 0.25) is 0 Å². The number of hydrogen-bond acceptors (Lipinski definition) is 1. The van der Waals surface area contributed by atoms with Crippen LogP contribution in [0.1, 0.15) is 0 Å². The van der Waals surface area contributed by atoms with E-state index in [0.29, 0.717) is 0 Å². The molecule has 0 fully saturated rings. The van der Waals surface area contributed by atoms with E-state index in [2.05, 4.69) is 0 Å². The van der Waals surface area contributed by atoms with E-state index < -0.39 is 0 Å². The minimum atomic E-state index is 0. The van der Waals surface area contributed by atoms with E-state index >= 15 is 0 Å². The minimum Gasteiger partial charge on any atom is -0.870 e. The Hall–Kier alpha value is 0.568. The monoisotopic (exact) mass is 244 g/mol. The van der Waals surface area contributed by atoms with E-state index in [-0.39, 0.29) is 38.8 Å². The first-order valence-corrected chi connectivity index (χ1v) is 0. The summed E-state index contributed by atoms with van der Waals surface area (Å²) >= 11 is 0. The Morgan fingerprint density at radius 3 is 0.750 bits per heavy atom. The molecule has 0 heterocycles. The molecule has 0 rings (SSSR count). The first kappa shape index (κ1) is 180. The van der Waals surface area contributed by atoms with E-state index in [9.17, 15) is 0 Å². The van der Waals surface area contributed by atoms with Crippen LogP contribution < -0.4 is 0 Å². The van der Waals surface area contributed by atoms with Crippen molar-refractivity contribution < 1.29 is 26.5 Å². The number of hydrogen-bond donors (Lipinski definition) is 0. The standard InChI is InChI=1S/2H2N.H2O.Pt/h3*1H2;/q2*-1;;/p-1. The van der Waals surface area contributed by atoms with Crippen LogP contribution in [0.25, 0.3) is 12.3 Å². The molecule has 3 nitrogen and oxygen atoms in total. The molecule has 0 unspecified atom stereocenters. The summed E-state index contributed by atoms with van der Waals surface area (Å²) in [5, 5.41) is 0. The SMILES string of the molecule is [NH2-].[NH2-].[OH-].[Pt]. The van der Waals surface area contributed by atoms with Gasteiger partial charge in [0.05, 0.1) is 0 Å². The molecule has 0 aliphatic rings. The molecular formula is H5N2OPt-3. The molecule has 0 aromatic heterocycles. The predicted molar refractivity (Wildman–Crippen MR) is 12.5 cm³/mol. The Morgan fingerprint density at radius 2 is 0.750 bits per heavy atom. The first-order chi connectivity index (χ1) is 0. The Labute approximate surface area is 39.5 Å². The van der Waals surface area contributed by atoms with Crippen LogP contribution >= 0.6 is 0 Å². The smallest absolute Gasteiger partial charge is 0 e. The molecule has 34 valence electrons. The Morgan fingerprint density at radius 1 is 0.750 bits per heavy atom. The van der Waals surface area contributed by atoms with Crippen molar-refractivity contribution in [2.45, 2.75) is 0 Å². The van der Waals surface area contributed by atoms with E-state index in [1.54, 1.807) is 0 Å². The van der Waals surface area contributed by atoms with Gasteiger partial charge in [0, 0.05) is 21.1 Å². The van der Waals surface area contributed by atoms with Gasteiger partial charge in [0.25, 0.3) is 0 Å². The Bertz CT molecular complexity index is 6.00. The first-order valence-electron chi connectivity index (χ1n) is 0. The average Bonchev–Trinajstić information content (AvgIpc) is 0. The summed E-state index contributed by atoms with van der Waals surface area (Å²) < 4.78 is 0. The third-order valence-corrected chi connectivity index (χ3v) is 0. The van der Waals surface area contributed by atoms with Crippen molar-refractivity contribution >= 4 is 0 Å². The summed E-state index contributed by atoms with van der Waals surface area (Å²) in [6, 6.07) is 0. The fourth-order valence-corrected chi connectivity index (χ4v) is 0. The van der Waals surface area contributed by atoms with Crippen molar-refractivity contribution in [1.29, 1.82) is 0 Å². The third-order valence-electron chi connectivity index (χ3n) is 0. The maximum Gasteiger partial charge on any atom is 0 e. The fourth-order valence-electron chi connectivity index (χ4n) is 0. The molecular weight excluding hydrogens is 239 g/mol. The van der Waals surface area contributed by atoms with E-state index in [4.69, 9.17) is 0 Å². The minimum absolute atomic E-state index is 0. The second-order valence-electron chi connectivity index (χ2n) is 0. The topological polar surface area (TPSA) is 97.0 Å². The second kappa shape index (κ2) is 72.9. The average molecular weight is 244 g/mol. The fraction of sp³-hybridized carbons (Fsp3) is 0. The molecule has 0 atom stereocenters. The zero-order valence-corrected chi connectivity index (χ0v) is 4.19. The van der Waals surface area contributed by atoms with Gasteiger partial charge in [0.15, 0.2) is 0 Å². The van der Waals surface area contributed by atoms with Crippen LogP contribution in [0.3, 0.4) is 0 Å². The molecule has 0 bridgehead atoms. The molecule has 0 saturated carbocycles. The molecule has 0 aliphatic carbocycles. The van der Waals surface area contributed by atoms with Gasteiger partial charge in [-0.3, -0.25) is 0 Å². The van der Waals surface area contributed by atoms with Crippen molar-refractivity contribution in [3.05, 3.63) is 12.3 Å². The quantitative estimate of drug-likeness (QED) is 0.629. The van der Waals surface area contributed by atoms with Gasteiger partial charge in [0.1, 0.15) is 0 Å². The van der Waals surface area contributed by atoms with Crippen molar-refractivity contribution in [1.82, 2.24) is 0 Å². The van der Waals surface area contributed by atoms with Crippen LogP contribution in [0.5, 0.6) is 0 Å². The van der Waals surface area contributed by atoms with Crippen LogP contribution in [-0.4, -0.2) is 5.48 Å². The van der Waals surface area contributed by atoms with Crippen LogP contribution in [-0.2, 0) is 21.1 Å². The Balaban J connectivity index is 0. The number of rotatable bonds is 0. The normalized spacial score (nSPS) is 0. The van der Waals surface area contributed by atoms with Crippen LogP contribution in [0.4, 0.5) is 0 Å². The molecule has 0 aromatic carbocycles. The van der Waals surface area contributed by atoms with Crippen molar-refractivity contribution in [3.8, 4) is 0 Å². The molecule has 0 spiro atoms. The zero-order valence-electron chi connectivity index (χ0n) is 1.92. The summed E-state index contributed by atoms with van der Waals surface area (Å²) in [5.41, 5.74) is 0. The third kappa shape index (κ3) is 19.6. The summed E-state index contributed by atoms with van der Waals surface area (Å²) in [6.45, 7) is 0. The van der Waals surface area contributed by atoms with Crippen molar-refractivity contribution in [2.75, 3.05) is 0 Å². The number of nitrogens with two attached hydrogens (primary N) is 2. The second-order valence-corrected chi connectivity index (χ2v) is 0. The van der Waals surface area contributed by atoms with Gasteiger partial charge in [-0.15, -0.1) is 0 Å². The van der Waals surface area contributed by atoms with Gasteiger partial charge >= 0.3 is 0 Å². The largest absolute Gasteiger partial charge is 0.870 e. The van der Waals surface area contributed by atoms with Gasteiger partial charge in [-0.1, -0.05) is 0 Å². The van der Waals surface area contributed by atoms with Gasteiger partial charge in [0.2, 0.25) is 0 Å². The summed E-state index contributed by atoms with van der Waals surface area (Å²) in [6.07, 6.45) is 0. The van der Waals surface area contributed by atoms with Crippen LogP contribution in [0.15, 0.2) is 0 Å². The van der Waals surface area contributed by atoms with E-state index in [1.807, 2.05) is 0 Å². The van der Waals surface area contributed by atoms with Crippen LogP contribution in [0, 0.1) is 0 Å². The molecule has 0 aromatic rings. The molecule has 0 amide bonds. The molecule has 5 N–H and O–H groups in total.